The molecular weight excluding hydrogens is 278 g/mol. The lowest BCUT2D eigenvalue weighted by atomic mass is 10.2. The van der Waals surface area contributed by atoms with Crippen molar-refractivity contribution < 1.29 is 13.2 Å². The average Bonchev–Trinajstić information content (AvgIpc) is 2.25. The monoisotopic (exact) mass is 299 g/mol. The Morgan fingerprint density at radius 2 is 2.15 bits per heavy atom. The van der Waals surface area contributed by atoms with Crippen LogP contribution < -0.4 is 10.1 Å². The van der Waals surface area contributed by atoms with Gasteiger partial charge in [-0.2, -0.15) is 4.98 Å². The van der Waals surface area contributed by atoms with Gasteiger partial charge in [0.15, 0.2) is 9.84 Å². The topological polar surface area (TPSA) is 81.2 Å². The summed E-state index contributed by atoms with van der Waals surface area (Å²) in [6.45, 7) is 5.72. The highest BCUT2D eigenvalue weighted by molar-refractivity contribution is 7.91. The summed E-state index contributed by atoms with van der Waals surface area (Å²) < 4.78 is 28.8. The van der Waals surface area contributed by atoms with Gasteiger partial charge in [0.1, 0.15) is 0 Å². The molecule has 2 rings (SSSR count). The largest absolute Gasteiger partial charge is 0.475 e. The molecule has 0 bridgehead atoms. The molecule has 0 spiro atoms. The summed E-state index contributed by atoms with van der Waals surface area (Å²) in [5, 5.41) is 3.11. The lowest BCUT2D eigenvalue weighted by molar-refractivity contribution is 0.232. The molecule has 1 aromatic heterocycles. The van der Waals surface area contributed by atoms with E-state index in [0.717, 1.165) is 12.1 Å². The third-order valence-electron chi connectivity index (χ3n) is 2.98. The van der Waals surface area contributed by atoms with Gasteiger partial charge in [0.2, 0.25) is 11.8 Å². The first-order valence-electron chi connectivity index (χ1n) is 6.83. The summed E-state index contributed by atoms with van der Waals surface area (Å²) in [6, 6.07) is 1.64. The van der Waals surface area contributed by atoms with Gasteiger partial charge in [0.25, 0.3) is 0 Å². The second kappa shape index (κ2) is 5.95. The van der Waals surface area contributed by atoms with Gasteiger partial charge in [-0.3, -0.25) is 0 Å². The molecule has 1 saturated heterocycles. The average molecular weight is 299 g/mol. The van der Waals surface area contributed by atoms with Crippen LogP contribution in [0.5, 0.6) is 5.88 Å². The van der Waals surface area contributed by atoms with Crippen molar-refractivity contribution in [3.63, 3.8) is 0 Å². The van der Waals surface area contributed by atoms with Crippen LogP contribution in [0.3, 0.4) is 0 Å². The fourth-order valence-corrected chi connectivity index (χ4v) is 3.86. The lowest BCUT2D eigenvalue weighted by Gasteiger charge is -2.23. The predicted molar refractivity (Wildman–Crippen MR) is 77.8 cm³/mol. The molecule has 1 aliphatic rings. The first-order chi connectivity index (χ1) is 9.34. The van der Waals surface area contributed by atoms with E-state index < -0.39 is 9.84 Å². The summed E-state index contributed by atoms with van der Waals surface area (Å²) in [4.78, 5) is 8.56. The predicted octanol–water partition coefficient (Wildman–Crippen LogP) is 1.56. The smallest absolute Gasteiger partial charge is 0.226 e. The van der Waals surface area contributed by atoms with Gasteiger partial charge < -0.3 is 10.1 Å². The van der Waals surface area contributed by atoms with Gasteiger partial charge in [-0.05, 0) is 33.6 Å². The third kappa shape index (κ3) is 4.33. The van der Waals surface area contributed by atoms with Gasteiger partial charge in [-0.1, -0.05) is 0 Å². The maximum Gasteiger partial charge on any atom is 0.226 e. The minimum atomic E-state index is -2.94. The maximum absolute atomic E-state index is 11.6. The summed E-state index contributed by atoms with van der Waals surface area (Å²) >= 11 is 0. The van der Waals surface area contributed by atoms with Crippen molar-refractivity contribution >= 4 is 15.8 Å². The zero-order chi connectivity index (χ0) is 14.8. The highest BCUT2D eigenvalue weighted by atomic mass is 32.2. The number of hydrogen-bond donors (Lipinski definition) is 1. The molecule has 7 heteroatoms. The zero-order valence-corrected chi connectivity index (χ0v) is 12.9. The Morgan fingerprint density at radius 3 is 2.80 bits per heavy atom. The molecule has 112 valence electrons. The van der Waals surface area contributed by atoms with E-state index in [9.17, 15) is 8.42 Å². The molecule has 0 saturated carbocycles. The van der Waals surface area contributed by atoms with E-state index in [1.165, 1.54) is 0 Å². The summed E-state index contributed by atoms with van der Waals surface area (Å²) in [5.41, 5.74) is 0.789. The minimum absolute atomic E-state index is 0.0345. The normalized spacial score (nSPS) is 21.7. The Balaban J connectivity index is 2.10. The third-order valence-corrected chi connectivity index (χ3v) is 4.80. The van der Waals surface area contributed by atoms with E-state index in [1.54, 1.807) is 6.07 Å². The number of ether oxygens (including phenoxy) is 1. The highest BCUT2D eigenvalue weighted by Gasteiger charge is 2.25. The van der Waals surface area contributed by atoms with Crippen molar-refractivity contribution in [3.05, 3.63) is 11.8 Å². The van der Waals surface area contributed by atoms with E-state index in [1.807, 2.05) is 20.8 Å². The van der Waals surface area contributed by atoms with E-state index in [0.29, 0.717) is 18.2 Å². The van der Waals surface area contributed by atoms with Gasteiger partial charge in [0.05, 0.1) is 17.6 Å². The van der Waals surface area contributed by atoms with E-state index >= 15 is 0 Å². The molecular formula is C13H21N3O3S. The van der Waals surface area contributed by atoms with Gasteiger partial charge >= 0.3 is 0 Å². The number of aromatic nitrogens is 2. The Morgan fingerprint density at radius 1 is 1.40 bits per heavy atom. The molecule has 20 heavy (non-hydrogen) atoms. The molecule has 1 aliphatic heterocycles. The maximum atomic E-state index is 11.6. The second-order valence-electron chi connectivity index (χ2n) is 5.44. The van der Waals surface area contributed by atoms with Crippen LogP contribution in [0.1, 0.15) is 32.4 Å². The number of nitrogens with one attached hydrogen (secondary N) is 1. The van der Waals surface area contributed by atoms with Crippen LogP contribution >= 0.6 is 0 Å². The molecule has 0 aliphatic carbocycles. The highest BCUT2D eigenvalue weighted by Crippen LogP contribution is 2.18. The van der Waals surface area contributed by atoms with Crippen molar-refractivity contribution in [2.24, 2.45) is 0 Å². The summed E-state index contributed by atoms with van der Waals surface area (Å²) in [5.74, 6) is 1.36. The van der Waals surface area contributed by atoms with Crippen LogP contribution in [-0.4, -0.2) is 42.0 Å². The van der Waals surface area contributed by atoms with Gasteiger partial charge in [-0.15, -0.1) is 0 Å². The Kier molecular flexibility index (Phi) is 4.47. The molecule has 1 fully saturated rings. The van der Waals surface area contributed by atoms with Crippen LogP contribution in [0.15, 0.2) is 6.07 Å². The standard InChI is InChI=1S/C13H21N3O3S/c1-9(2)19-12-7-10(3)14-13(16-12)15-11-5-4-6-20(17,18)8-11/h7,9,11H,4-6,8H2,1-3H3,(H,14,15,16). The van der Waals surface area contributed by atoms with Crippen LogP contribution in [0.25, 0.3) is 0 Å². The fourth-order valence-electron chi connectivity index (χ4n) is 2.23. The van der Waals surface area contributed by atoms with Crippen molar-refractivity contribution in [1.82, 2.24) is 9.97 Å². The van der Waals surface area contributed by atoms with Crippen LogP contribution in [-0.2, 0) is 9.84 Å². The second-order valence-corrected chi connectivity index (χ2v) is 7.66. The van der Waals surface area contributed by atoms with Crippen molar-refractivity contribution in [2.75, 3.05) is 16.8 Å². The van der Waals surface area contributed by atoms with E-state index in [-0.39, 0.29) is 23.7 Å². The number of sulfone groups is 1. The molecule has 1 atom stereocenters. The van der Waals surface area contributed by atoms with Crippen LogP contribution in [0.2, 0.25) is 0 Å². The van der Waals surface area contributed by atoms with Gasteiger partial charge in [0, 0.05) is 17.8 Å². The van der Waals surface area contributed by atoms with Crippen molar-refractivity contribution in [1.29, 1.82) is 0 Å². The van der Waals surface area contributed by atoms with Gasteiger partial charge in [-0.25, -0.2) is 13.4 Å². The molecule has 0 amide bonds. The summed E-state index contributed by atoms with van der Waals surface area (Å²) in [6.07, 6.45) is 1.53. The number of rotatable bonds is 4. The van der Waals surface area contributed by atoms with E-state index in [2.05, 4.69) is 15.3 Å². The first-order valence-corrected chi connectivity index (χ1v) is 8.65. The molecule has 2 heterocycles. The Labute approximate surface area is 119 Å². The number of anilines is 1. The first kappa shape index (κ1) is 15.0. The zero-order valence-electron chi connectivity index (χ0n) is 12.1. The van der Waals surface area contributed by atoms with Crippen molar-refractivity contribution in [2.45, 2.75) is 45.8 Å². The Bertz CT molecular complexity index is 572. The Hall–Kier alpha value is -1.37. The fraction of sp³-hybridized carbons (Fsp3) is 0.692. The number of aryl methyl sites for hydroxylation is 1. The molecule has 1 N–H and O–H groups in total. The molecule has 1 unspecified atom stereocenters. The number of hydrogen-bond acceptors (Lipinski definition) is 6. The van der Waals surface area contributed by atoms with Crippen LogP contribution in [0.4, 0.5) is 5.95 Å². The molecule has 6 nitrogen and oxygen atoms in total. The van der Waals surface area contributed by atoms with Crippen molar-refractivity contribution in [3.8, 4) is 5.88 Å². The number of nitrogens with zero attached hydrogens (tertiary/aromatic N) is 2. The molecule has 1 aromatic rings. The SMILES string of the molecule is Cc1cc(OC(C)C)nc(NC2CCCS(=O)(=O)C2)n1. The summed E-state index contributed by atoms with van der Waals surface area (Å²) in [7, 11) is -2.94. The molecule has 0 aromatic carbocycles. The quantitative estimate of drug-likeness (QED) is 0.908. The lowest BCUT2D eigenvalue weighted by Crippen LogP contribution is -2.35. The molecule has 0 radical (unpaired) electrons. The minimum Gasteiger partial charge on any atom is -0.475 e. The van der Waals surface area contributed by atoms with E-state index in [4.69, 9.17) is 4.74 Å². The van der Waals surface area contributed by atoms with Crippen LogP contribution in [0, 0.1) is 6.92 Å².